The van der Waals surface area contributed by atoms with E-state index in [0.717, 1.165) is 5.56 Å². The zero-order valence-electron chi connectivity index (χ0n) is 13.8. The van der Waals surface area contributed by atoms with Gasteiger partial charge in [-0.05, 0) is 39.8 Å². The summed E-state index contributed by atoms with van der Waals surface area (Å²) in [7, 11) is 0. The molecule has 0 bridgehead atoms. The van der Waals surface area contributed by atoms with Crippen LogP contribution in [-0.4, -0.2) is 53.4 Å². The number of rotatable bonds is 3. The summed E-state index contributed by atoms with van der Waals surface area (Å²) in [4.78, 5) is 27.7. The number of piperazine rings is 1. The van der Waals surface area contributed by atoms with Crippen LogP contribution in [0.1, 0.15) is 26.3 Å². The maximum absolute atomic E-state index is 12.2. The fraction of sp³-hybridized carbons (Fsp3) is 0.529. The standard InChI is InChI=1S/C17H24N2O3/c1-13-5-7-14(8-6-13)22-12-16(21)18-9-10-19(15(20)11-18)17(2,3)4/h5-8H,9-12H2,1-4H3. The second-order valence-corrected chi connectivity index (χ2v) is 6.63. The third kappa shape index (κ3) is 4.00. The van der Waals surface area contributed by atoms with E-state index in [-0.39, 0.29) is 30.5 Å². The highest BCUT2D eigenvalue weighted by Gasteiger charge is 2.33. The van der Waals surface area contributed by atoms with Crippen LogP contribution in [0.25, 0.3) is 0 Å². The van der Waals surface area contributed by atoms with Gasteiger partial charge in [-0.1, -0.05) is 17.7 Å². The lowest BCUT2D eigenvalue weighted by atomic mass is 10.0. The number of benzene rings is 1. The Morgan fingerprint density at radius 1 is 1.18 bits per heavy atom. The van der Waals surface area contributed by atoms with Crippen LogP contribution in [0, 0.1) is 6.92 Å². The van der Waals surface area contributed by atoms with E-state index in [1.165, 1.54) is 0 Å². The highest BCUT2D eigenvalue weighted by molar-refractivity contribution is 5.87. The van der Waals surface area contributed by atoms with E-state index in [4.69, 9.17) is 4.74 Å². The Hall–Kier alpha value is -2.04. The molecule has 2 amide bonds. The number of carbonyl (C=O) groups excluding carboxylic acids is 2. The summed E-state index contributed by atoms with van der Waals surface area (Å²) in [5, 5.41) is 0. The lowest BCUT2D eigenvalue weighted by Crippen LogP contribution is -2.58. The molecule has 0 unspecified atom stereocenters. The maximum Gasteiger partial charge on any atom is 0.261 e. The van der Waals surface area contributed by atoms with E-state index in [1.54, 1.807) is 4.90 Å². The molecule has 5 nitrogen and oxygen atoms in total. The SMILES string of the molecule is Cc1ccc(OCC(=O)N2CCN(C(C)(C)C)C(=O)C2)cc1. The first-order chi connectivity index (χ1) is 10.3. The van der Waals surface area contributed by atoms with Crippen LogP contribution in [0.3, 0.4) is 0 Å². The molecular weight excluding hydrogens is 280 g/mol. The highest BCUT2D eigenvalue weighted by atomic mass is 16.5. The summed E-state index contributed by atoms with van der Waals surface area (Å²) in [6, 6.07) is 7.55. The Morgan fingerprint density at radius 2 is 1.82 bits per heavy atom. The van der Waals surface area contributed by atoms with Gasteiger partial charge < -0.3 is 14.5 Å². The zero-order chi connectivity index (χ0) is 16.3. The van der Waals surface area contributed by atoms with Crippen molar-refractivity contribution in [3.63, 3.8) is 0 Å². The summed E-state index contributed by atoms with van der Waals surface area (Å²) in [5.74, 6) is 0.503. The van der Waals surface area contributed by atoms with E-state index < -0.39 is 0 Å². The minimum atomic E-state index is -0.204. The maximum atomic E-state index is 12.2. The number of carbonyl (C=O) groups is 2. The largest absolute Gasteiger partial charge is 0.484 e. The van der Waals surface area contributed by atoms with Crippen LogP contribution >= 0.6 is 0 Å². The lowest BCUT2D eigenvalue weighted by Gasteiger charge is -2.42. The molecule has 5 heteroatoms. The van der Waals surface area contributed by atoms with Crippen molar-refractivity contribution in [3.05, 3.63) is 29.8 Å². The Balaban J connectivity index is 1.87. The molecule has 1 saturated heterocycles. The van der Waals surface area contributed by atoms with Gasteiger partial charge in [-0.15, -0.1) is 0 Å². The van der Waals surface area contributed by atoms with Gasteiger partial charge in [0.05, 0.1) is 6.54 Å². The van der Waals surface area contributed by atoms with E-state index >= 15 is 0 Å². The van der Waals surface area contributed by atoms with Gasteiger partial charge in [0.15, 0.2) is 6.61 Å². The van der Waals surface area contributed by atoms with Gasteiger partial charge in [0.25, 0.3) is 5.91 Å². The van der Waals surface area contributed by atoms with Gasteiger partial charge in [0.1, 0.15) is 5.75 Å². The third-order valence-corrected chi connectivity index (χ3v) is 3.77. The quantitative estimate of drug-likeness (QED) is 0.856. The van der Waals surface area contributed by atoms with Crippen molar-refractivity contribution in [1.82, 2.24) is 9.80 Å². The molecule has 2 rings (SSSR count). The Bertz CT molecular complexity index is 546. The van der Waals surface area contributed by atoms with Crippen LogP contribution in [0.5, 0.6) is 5.75 Å². The van der Waals surface area contributed by atoms with Crippen LogP contribution in [0.2, 0.25) is 0 Å². The van der Waals surface area contributed by atoms with Gasteiger partial charge in [-0.2, -0.15) is 0 Å². The number of aryl methyl sites for hydroxylation is 1. The van der Waals surface area contributed by atoms with Gasteiger partial charge >= 0.3 is 0 Å². The number of nitrogens with zero attached hydrogens (tertiary/aromatic N) is 2. The van der Waals surface area contributed by atoms with Crippen molar-refractivity contribution in [2.24, 2.45) is 0 Å². The topological polar surface area (TPSA) is 49.9 Å². The average molecular weight is 304 g/mol. The van der Waals surface area contributed by atoms with Gasteiger partial charge in [-0.3, -0.25) is 9.59 Å². The van der Waals surface area contributed by atoms with Crippen molar-refractivity contribution in [3.8, 4) is 5.75 Å². The number of hydrogen-bond donors (Lipinski definition) is 0. The van der Waals surface area contributed by atoms with Crippen LogP contribution in [0.15, 0.2) is 24.3 Å². The monoisotopic (exact) mass is 304 g/mol. The molecule has 1 fully saturated rings. The summed E-state index contributed by atoms with van der Waals surface area (Å²) >= 11 is 0. The Kier molecular flexibility index (Phi) is 4.74. The van der Waals surface area contributed by atoms with Crippen molar-refractivity contribution >= 4 is 11.8 Å². The summed E-state index contributed by atoms with van der Waals surface area (Å²) in [6.07, 6.45) is 0. The van der Waals surface area contributed by atoms with Crippen molar-refractivity contribution in [1.29, 1.82) is 0 Å². The zero-order valence-corrected chi connectivity index (χ0v) is 13.8. The molecule has 0 saturated carbocycles. The van der Waals surface area contributed by atoms with Crippen molar-refractivity contribution < 1.29 is 14.3 Å². The lowest BCUT2D eigenvalue weighted by molar-refractivity contribution is -0.150. The molecular formula is C17H24N2O3. The normalized spacial score (nSPS) is 15.9. The van der Waals surface area contributed by atoms with Gasteiger partial charge in [0, 0.05) is 18.6 Å². The molecule has 0 N–H and O–H groups in total. The average Bonchev–Trinajstić information content (AvgIpc) is 2.45. The fourth-order valence-electron chi connectivity index (χ4n) is 2.47. The highest BCUT2D eigenvalue weighted by Crippen LogP contribution is 2.17. The van der Waals surface area contributed by atoms with Crippen LogP contribution in [-0.2, 0) is 9.59 Å². The second-order valence-electron chi connectivity index (χ2n) is 6.63. The molecule has 0 aromatic heterocycles. The first-order valence-corrected chi connectivity index (χ1v) is 7.55. The minimum absolute atomic E-state index is 0.0116. The number of ether oxygens (including phenoxy) is 1. The van der Waals surface area contributed by atoms with Crippen molar-refractivity contribution in [2.45, 2.75) is 33.2 Å². The molecule has 0 spiro atoms. The molecule has 22 heavy (non-hydrogen) atoms. The molecule has 1 aromatic rings. The second kappa shape index (κ2) is 6.38. The predicted octanol–water partition coefficient (Wildman–Crippen LogP) is 1.84. The fourth-order valence-corrected chi connectivity index (χ4v) is 2.47. The van der Waals surface area contributed by atoms with Gasteiger partial charge in [-0.25, -0.2) is 0 Å². The molecule has 0 atom stereocenters. The van der Waals surface area contributed by atoms with Crippen LogP contribution in [0.4, 0.5) is 0 Å². The van der Waals surface area contributed by atoms with Gasteiger partial charge in [0.2, 0.25) is 5.91 Å². The first-order valence-electron chi connectivity index (χ1n) is 7.55. The van der Waals surface area contributed by atoms with E-state index in [2.05, 4.69) is 0 Å². The summed E-state index contributed by atoms with van der Waals surface area (Å²) in [6.45, 7) is 9.22. The van der Waals surface area contributed by atoms with Crippen molar-refractivity contribution in [2.75, 3.05) is 26.2 Å². The number of hydrogen-bond acceptors (Lipinski definition) is 3. The number of amides is 2. The molecule has 1 aliphatic rings. The Morgan fingerprint density at radius 3 is 2.36 bits per heavy atom. The first kappa shape index (κ1) is 16.3. The summed E-state index contributed by atoms with van der Waals surface area (Å²) in [5.41, 5.74) is 0.938. The van der Waals surface area contributed by atoms with E-state index in [1.807, 2.05) is 56.9 Å². The molecule has 1 heterocycles. The molecule has 0 aliphatic carbocycles. The van der Waals surface area contributed by atoms with Crippen LogP contribution < -0.4 is 4.74 Å². The van der Waals surface area contributed by atoms with E-state index in [0.29, 0.717) is 18.8 Å². The molecule has 120 valence electrons. The van der Waals surface area contributed by atoms with E-state index in [9.17, 15) is 9.59 Å². The predicted molar refractivity (Wildman–Crippen MR) is 84.7 cm³/mol. The molecule has 0 radical (unpaired) electrons. The summed E-state index contributed by atoms with van der Waals surface area (Å²) < 4.78 is 5.49. The molecule has 1 aliphatic heterocycles. The minimum Gasteiger partial charge on any atom is -0.484 e. The Labute approximate surface area is 131 Å². The third-order valence-electron chi connectivity index (χ3n) is 3.77. The smallest absolute Gasteiger partial charge is 0.261 e. The molecule has 1 aromatic carbocycles.